The van der Waals surface area contributed by atoms with Crippen molar-refractivity contribution in [1.82, 2.24) is 10.6 Å². The Morgan fingerprint density at radius 2 is 1.86 bits per heavy atom. The third-order valence-corrected chi connectivity index (χ3v) is 2.97. The normalized spacial score (nSPS) is 20.0. The molecule has 0 aromatic carbocycles. The minimum atomic E-state index is -0.0249. The van der Waals surface area contributed by atoms with Gasteiger partial charge in [0, 0.05) is 13.1 Å². The van der Waals surface area contributed by atoms with Gasteiger partial charge >= 0.3 is 0 Å². The lowest BCUT2D eigenvalue weighted by Crippen LogP contribution is -2.49. The highest BCUT2D eigenvalue weighted by Gasteiger charge is 2.25. The molecule has 1 aliphatic rings. The molecule has 1 unspecified atom stereocenters. The second kappa shape index (κ2) is 5.35. The quantitative estimate of drug-likeness (QED) is 0.714. The molecule has 0 spiro atoms. The van der Waals surface area contributed by atoms with Crippen LogP contribution in [-0.2, 0) is 4.79 Å². The summed E-state index contributed by atoms with van der Waals surface area (Å²) >= 11 is 0. The largest absolute Gasteiger partial charge is 0.358 e. The summed E-state index contributed by atoms with van der Waals surface area (Å²) in [5.41, 5.74) is 0. The molecule has 0 aliphatic heterocycles. The molecule has 3 heteroatoms. The first kappa shape index (κ1) is 11.5. The zero-order valence-corrected chi connectivity index (χ0v) is 9.47. The summed E-state index contributed by atoms with van der Waals surface area (Å²) in [5, 5.41) is 6.17. The Balaban J connectivity index is 2.45. The van der Waals surface area contributed by atoms with Crippen LogP contribution in [0.3, 0.4) is 0 Å². The van der Waals surface area contributed by atoms with E-state index in [1.165, 1.54) is 25.7 Å². The summed E-state index contributed by atoms with van der Waals surface area (Å²) in [6.07, 6.45) is 5.05. The van der Waals surface area contributed by atoms with Crippen molar-refractivity contribution in [3.63, 3.8) is 0 Å². The molecule has 2 N–H and O–H groups in total. The fourth-order valence-corrected chi connectivity index (χ4v) is 2.07. The number of carbonyl (C=O) groups excluding carboxylic acids is 1. The van der Waals surface area contributed by atoms with Crippen molar-refractivity contribution >= 4 is 5.91 Å². The molecule has 0 radical (unpaired) electrons. The van der Waals surface area contributed by atoms with E-state index in [0.29, 0.717) is 12.0 Å². The molecule has 0 heterocycles. The first-order valence-electron chi connectivity index (χ1n) is 5.62. The molecule has 0 aromatic heterocycles. The molecule has 1 fully saturated rings. The lowest BCUT2D eigenvalue weighted by Gasteiger charge is -2.24. The second-order valence-corrected chi connectivity index (χ2v) is 4.48. The topological polar surface area (TPSA) is 41.1 Å². The zero-order valence-electron chi connectivity index (χ0n) is 9.47. The van der Waals surface area contributed by atoms with E-state index in [-0.39, 0.29) is 11.9 Å². The van der Waals surface area contributed by atoms with Gasteiger partial charge in [-0.05, 0) is 18.8 Å². The lowest BCUT2D eigenvalue weighted by atomic mass is 10.0. The monoisotopic (exact) mass is 198 g/mol. The zero-order chi connectivity index (χ0) is 10.6. The van der Waals surface area contributed by atoms with Crippen LogP contribution in [0.15, 0.2) is 0 Å². The highest BCUT2D eigenvalue weighted by molar-refractivity contribution is 5.81. The van der Waals surface area contributed by atoms with E-state index < -0.39 is 0 Å². The SMILES string of the molecule is CNC(=O)C(NC1CCCC1)C(C)C. The Morgan fingerprint density at radius 1 is 1.29 bits per heavy atom. The standard InChI is InChI=1S/C11H22N2O/c1-8(2)10(11(14)12-3)13-9-6-4-5-7-9/h8-10,13H,4-7H2,1-3H3,(H,12,14). The lowest BCUT2D eigenvalue weighted by molar-refractivity contribution is -0.123. The molecular weight excluding hydrogens is 176 g/mol. The number of nitrogens with one attached hydrogen (secondary N) is 2. The summed E-state index contributed by atoms with van der Waals surface area (Å²) in [5.74, 6) is 0.474. The summed E-state index contributed by atoms with van der Waals surface area (Å²) < 4.78 is 0. The first-order chi connectivity index (χ1) is 6.65. The Labute approximate surface area is 86.6 Å². The van der Waals surface area contributed by atoms with E-state index in [1.54, 1.807) is 7.05 Å². The Bertz CT molecular complexity index is 186. The maximum atomic E-state index is 11.6. The van der Waals surface area contributed by atoms with Gasteiger partial charge in [0.2, 0.25) is 5.91 Å². The van der Waals surface area contributed by atoms with Crippen molar-refractivity contribution in [3.8, 4) is 0 Å². The molecule has 0 saturated heterocycles. The van der Waals surface area contributed by atoms with E-state index in [2.05, 4.69) is 24.5 Å². The van der Waals surface area contributed by atoms with Gasteiger partial charge in [-0.1, -0.05) is 26.7 Å². The van der Waals surface area contributed by atoms with Gasteiger partial charge in [-0.25, -0.2) is 0 Å². The van der Waals surface area contributed by atoms with Crippen molar-refractivity contribution in [1.29, 1.82) is 0 Å². The van der Waals surface area contributed by atoms with Gasteiger partial charge in [-0.3, -0.25) is 4.79 Å². The van der Waals surface area contributed by atoms with Crippen LogP contribution in [-0.4, -0.2) is 25.0 Å². The molecule has 1 amide bonds. The predicted molar refractivity (Wildman–Crippen MR) is 58.1 cm³/mol. The molecule has 1 rings (SSSR count). The summed E-state index contributed by atoms with van der Waals surface area (Å²) in [6, 6.07) is 0.530. The number of hydrogen-bond donors (Lipinski definition) is 2. The average Bonchev–Trinajstić information content (AvgIpc) is 2.65. The Morgan fingerprint density at radius 3 is 2.29 bits per heavy atom. The molecule has 1 atom stereocenters. The third-order valence-electron chi connectivity index (χ3n) is 2.97. The number of amides is 1. The van der Waals surface area contributed by atoms with E-state index in [9.17, 15) is 4.79 Å². The van der Waals surface area contributed by atoms with Crippen LogP contribution in [0.4, 0.5) is 0 Å². The molecule has 1 aliphatic carbocycles. The van der Waals surface area contributed by atoms with Crippen LogP contribution in [0, 0.1) is 5.92 Å². The van der Waals surface area contributed by atoms with Gasteiger partial charge in [-0.15, -0.1) is 0 Å². The maximum Gasteiger partial charge on any atom is 0.237 e. The smallest absolute Gasteiger partial charge is 0.237 e. The molecular formula is C11H22N2O. The van der Waals surface area contributed by atoms with E-state index in [0.717, 1.165) is 0 Å². The maximum absolute atomic E-state index is 11.6. The van der Waals surface area contributed by atoms with E-state index in [4.69, 9.17) is 0 Å². The molecule has 1 saturated carbocycles. The van der Waals surface area contributed by atoms with Crippen molar-refractivity contribution in [2.24, 2.45) is 5.92 Å². The fraction of sp³-hybridized carbons (Fsp3) is 0.909. The molecule has 14 heavy (non-hydrogen) atoms. The van der Waals surface area contributed by atoms with E-state index in [1.807, 2.05) is 0 Å². The minimum absolute atomic E-state index is 0.0249. The molecule has 82 valence electrons. The Hall–Kier alpha value is -0.570. The van der Waals surface area contributed by atoms with Crippen LogP contribution in [0.5, 0.6) is 0 Å². The first-order valence-corrected chi connectivity index (χ1v) is 5.62. The predicted octanol–water partition coefficient (Wildman–Crippen LogP) is 1.29. The second-order valence-electron chi connectivity index (χ2n) is 4.48. The highest BCUT2D eigenvalue weighted by Crippen LogP contribution is 2.19. The average molecular weight is 198 g/mol. The fourth-order valence-electron chi connectivity index (χ4n) is 2.07. The van der Waals surface area contributed by atoms with Gasteiger partial charge in [-0.2, -0.15) is 0 Å². The van der Waals surface area contributed by atoms with Crippen LogP contribution in [0.25, 0.3) is 0 Å². The van der Waals surface area contributed by atoms with Crippen LogP contribution >= 0.6 is 0 Å². The van der Waals surface area contributed by atoms with Crippen molar-refractivity contribution in [2.75, 3.05) is 7.05 Å². The van der Waals surface area contributed by atoms with Crippen LogP contribution < -0.4 is 10.6 Å². The van der Waals surface area contributed by atoms with Crippen LogP contribution in [0.1, 0.15) is 39.5 Å². The van der Waals surface area contributed by atoms with Crippen molar-refractivity contribution < 1.29 is 4.79 Å². The number of likely N-dealkylation sites (N-methyl/N-ethyl adjacent to an activating group) is 1. The van der Waals surface area contributed by atoms with Gasteiger partial charge in [0.15, 0.2) is 0 Å². The Kier molecular flexibility index (Phi) is 4.39. The summed E-state index contributed by atoms with van der Waals surface area (Å²) in [4.78, 5) is 11.6. The number of hydrogen-bond acceptors (Lipinski definition) is 2. The van der Waals surface area contributed by atoms with Crippen molar-refractivity contribution in [2.45, 2.75) is 51.6 Å². The van der Waals surface area contributed by atoms with Gasteiger partial charge < -0.3 is 10.6 Å². The summed E-state index contributed by atoms with van der Waals surface area (Å²) in [7, 11) is 1.70. The van der Waals surface area contributed by atoms with Gasteiger partial charge in [0.25, 0.3) is 0 Å². The van der Waals surface area contributed by atoms with E-state index >= 15 is 0 Å². The van der Waals surface area contributed by atoms with Crippen molar-refractivity contribution in [3.05, 3.63) is 0 Å². The van der Waals surface area contributed by atoms with Gasteiger partial charge in [0.1, 0.15) is 0 Å². The molecule has 0 bridgehead atoms. The minimum Gasteiger partial charge on any atom is -0.358 e. The highest BCUT2D eigenvalue weighted by atomic mass is 16.2. The van der Waals surface area contributed by atoms with Gasteiger partial charge in [0.05, 0.1) is 6.04 Å². The molecule has 0 aromatic rings. The van der Waals surface area contributed by atoms with Crippen LogP contribution in [0.2, 0.25) is 0 Å². The number of carbonyl (C=O) groups is 1. The third kappa shape index (κ3) is 2.98. The summed E-state index contributed by atoms with van der Waals surface area (Å²) in [6.45, 7) is 4.17. The molecule has 3 nitrogen and oxygen atoms in total. The number of rotatable bonds is 4.